The second-order valence-electron chi connectivity index (χ2n) is 22.3. The van der Waals surface area contributed by atoms with Gasteiger partial charge in [-0.05, 0) is 116 Å². The molecule has 454 valence electrons. The fourth-order valence-corrected chi connectivity index (χ4v) is 9.48. The molecule has 0 aromatic rings. The zero-order chi connectivity index (χ0) is 57.1. The van der Waals surface area contributed by atoms with E-state index in [-0.39, 0.29) is 31.1 Å². The average molecular weight is 1100 g/mol. The van der Waals surface area contributed by atoms with E-state index in [1.807, 2.05) is 0 Å². The van der Waals surface area contributed by atoms with E-state index in [0.29, 0.717) is 19.3 Å². The Kier molecular flexibility index (Phi) is 63.7. The van der Waals surface area contributed by atoms with Gasteiger partial charge in [0.2, 0.25) is 0 Å². The molecule has 0 saturated carbocycles. The molecule has 0 aromatic carbocycles. The van der Waals surface area contributed by atoms with Crippen molar-refractivity contribution in [2.75, 3.05) is 13.2 Å². The van der Waals surface area contributed by atoms with Crippen LogP contribution in [0.2, 0.25) is 0 Å². The lowest BCUT2D eigenvalue weighted by atomic mass is 10.0. The zero-order valence-corrected chi connectivity index (χ0v) is 52.1. The van der Waals surface area contributed by atoms with E-state index < -0.39 is 6.10 Å². The maximum Gasteiger partial charge on any atom is 0.306 e. The van der Waals surface area contributed by atoms with Crippen molar-refractivity contribution in [3.05, 3.63) is 97.2 Å². The Labute approximate surface area is 489 Å². The number of ether oxygens (including phenoxy) is 3. The molecule has 0 aromatic heterocycles. The summed E-state index contributed by atoms with van der Waals surface area (Å²) >= 11 is 0. The van der Waals surface area contributed by atoms with Gasteiger partial charge in [-0.25, -0.2) is 0 Å². The molecule has 0 radical (unpaired) electrons. The third-order valence-corrected chi connectivity index (χ3v) is 14.5. The van der Waals surface area contributed by atoms with Gasteiger partial charge in [-0.3, -0.25) is 14.4 Å². The van der Waals surface area contributed by atoms with Crippen molar-refractivity contribution >= 4 is 17.9 Å². The average Bonchev–Trinajstić information content (AvgIpc) is 3.45. The molecule has 0 heterocycles. The fourth-order valence-electron chi connectivity index (χ4n) is 9.48. The highest BCUT2D eigenvalue weighted by Gasteiger charge is 2.19. The summed E-state index contributed by atoms with van der Waals surface area (Å²) < 4.78 is 16.9. The van der Waals surface area contributed by atoms with Crippen LogP contribution in [-0.2, 0) is 28.6 Å². The Morgan fingerprint density at radius 1 is 0.266 bits per heavy atom. The molecule has 0 bridgehead atoms. The van der Waals surface area contributed by atoms with Crippen LogP contribution in [0, 0.1) is 0 Å². The fraction of sp³-hybridized carbons (Fsp3) is 0.740. The van der Waals surface area contributed by atoms with Gasteiger partial charge < -0.3 is 14.2 Å². The van der Waals surface area contributed by atoms with Gasteiger partial charge in [-0.1, -0.05) is 291 Å². The summed E-state index contributed by atoms with van der Waals surface area (Å²) in [6.07, 6.45) is 90.1. The Balaban J connectivity index is 4.19. The molecule has 0 N–H and O–H groups in total. The van der Waals surface area contributed by atoms with Gasteiger partial charge in [0.25, 0.3) is 0 Å². The second-order valence-corrected chi connectivity index (χ2v) is 22.3. The molecule has 0 aliphatic rings. The quantitative estimate of drug-likeness (QED) is 0.0261. The van der Waals surface area contributed by atoms with Crippen molar-refractivity contribution in [2.24, 2.45) is 0 Å². The number of rotatable bonds is 61. The lowest BCUT2D eigenvalue weighted by Crippen LogP contribution is -2.30. The number of carbonyl (C=O) groups excluding carboxylic acids is 3. The van der Waals surface area contributed by atoms with Crippen LogP contribution in [0.5, 0.6) is 0 Å². The van der Waals surface area contributed by atoms with Crippen LogP contribution in [0.3, 0.4) is 0 Å². The van der Waals surface area contributed by atoms with Crippen LogP contribution in [-0.4, -0.2) is 37.2 Å². The highest BCUT2D eigenvalue weighted by Crippen LogP contribution is 2.17. The summed E-state index contributed by atoms with van der Waals surface area (Å²) in [4.78, 5) is 38.3. The van der Waals surface area contributed by atoms with Gasteiger partial charge in [0.1, 0.15) is 13.2 Å². The molecule has 0 spiro atoms. The van der Waals surface area contributed by atoms with Crippen molar-refractivity contribution in [3.63, 3.8) is 0 Å². The minimum Gasteiger partial charge on any atom is -0.462 e. The Morgan fingerprint density at radius 3 is 0.823 bits per heavy atom. The van der Waals surface area contributed by atoms with Gasteiger partial charge >= 0.3 is 17.9 Å². The first-order chi connectivity index (χ1) is 39.0. The second kappa shape index (κ2) is 66.8. The lowest BCUT2D eigenvalue weighted by Gasteiger charge is -2.18. The number of hydrogen-bond donors (Lipinski definition) is 0. The highest BCUT2D eigenvalue weighted by molar-refractivity contribution is 5.71. The summed E-state index contributed by atoms with van der Waals surface area (Å²) in [5.74, 6) is -0.899. The summed E-state index contributed by atoms with van der Waals surface area (Å²) in [5.41, 5.74) is 0. The standard InChI is InChI=1S/C73H126O6/c1-4-7-10-13-16-19-22-24-26-28-30-31-32-33-34-35-36-37-38-39-40-41-43-44-46-48-51-54-57-60-63-66-72(75)78-69-70(68-77-71(74)65-62-59-56-53-50-21-18-15-12-9-6-3)79-73(76)67-64-61-58-55-52-49-47-45-42-29-27-25-23-20-17-14-11-8-5-2/h8,11,15,17-18,20,22,24-25,27-28,30,32-33,42,45,70H,4-7,9-10,12-14,16,19,21,23,26,29,31,34-41,43-44,46-69H2,1-3H3/b11-8-,18-15-,20-17-,24-22-,27-25-,30-28-,33-32-,45-42-. The smallest absolute Gasteiger partial charge is 0.306 e. The van der Waals surface area contributed by atoms with E-state index in [9.17, 15) is 14.4 Å². The minimum absolute atomic E-state index is 0.0845. The summed E-state index contributed by atoms with van der Waals surface area (Å²) in [5, 5.41) is 0. The number of carbonyl (C=O) groups is 3. The Morgan fingerprint density at radius 2 is 0.506 bits per heavy atom. The van der Waals surface area contributed by atoms with Crippen molar-refractivity contribution in [1.82, 2.24) is 0 Å². The SMILES string of the molecule is CC/C=C\C/C=C\C/C=C\C/C=C\CCCCCCCCC(=O)OC(COC(=O)CCCCCCC/C=C\CCCC)COC(=O)CCCCCCCCCCCCCCCCCC/C=C\C/C=C\C/C=C\CCCCCCC. The Bertz CT molecular complexity index is 1540. The first kappa shape index (κ1) is 75.3. The van der Waals surface area contributed by atoms with Crippen molar-refractivity contribution in [3.8, 4) is 0 Å². The molecular formula is C73H126O6. The van der Waals surface area contributed by atoms with Crippen LogP contribution in [0.25, 0.3) is 0 Å². The van der Waals surface area contributed by atoms with E-state index in [1.165, 1.54) is 173 Å². The van der Waals surface area contributed by atoms with Crippen molar-refractivity contribution in [2.45, 2.75) is 335 Å². The zero-order valence-electron chi connectivity index (χ0n) is 52.1. The topological polar surface area (TPSA) is 78.9 Å². The molecule has 6 heteroatoms. The molecule has 0 aliphatic carbocycles. The third-order valence-electron chi connectivity index (χ3n) is 14.5. The van der Waals surface area contributed by atoms with Crippen LogP contribution in [0.1, 0.15) is 329 Å². The largest absolute Gasteiger partial charge is 0.462 e. The van der Waals surface area contributed by atoms with E-state index in [4.69, 9.17) is 14.2 Å². The number of hydrogen-bond acceptors (Lipinski definition) is 6. The molecule has 79 heavy (non-hydrogen) atoms. The number of esters is 3. The molecule has 1 atom stereocenters. The van der Waals surface area contributed by atoms with Crippen LogP contribution < -0.4 is 0 Å². The monoisotopic (exact) mass is 1100 g/mol. The summed E-state index contributed by atoms with van der Waals surface area (Å²) in [7, 11) is 0. The van der Waals surface area contributed by atoms with Crippen LogP contribution in [0.4, 0.5) is 0 Å². The lowest BCUT2D eigenvalue weighted by molar-refractivity contribution is -0.167. The summed E-state index contributed by atoms with van der Waals surface area (Å²) in [6.45, 7) is 6.48. The molecule has 6 nitrogen and oxygen atoms in total. The molecule has 0 amide bonds. The molecule has 0 fully saturated rings. The van der Waals surface area contributed by atoms with Gasteiger partial charge in [0, 0.05) is 19.3 Å². The first-order valence-electron chi connectivity index (χ1n) is 33.7. The summed E-state index contributed by atoms with van der Waals surface area (Å²) in [6, 6.07) is 0. The van der Waals surface area contributed by atoms with Crippen LogP contribution in [0.15, 0.2) is 97.2 Å². The number of unbranched alkanes of at least 4 members (excludes halogenated alkanes) is 34. The van der Waals surface area contributed by atoms with E-state index in [1.54, 1.807) is 0 Å². The third kappa shape index (κ3) is 65.0. The van der Waals surface area contributed by atoms with E-state index in [2.05, 4.69) is 118 Å². The first-order valence-corrected chi connectivity index (χ1v) is 33.7. The van der Waals surface area contributed by atoms with Crippen molar-refractivity contribution in [1.29, 1.82) is 0 Å². The molecule has 0 aliphatic heterocycles. The molecule has 1 unspecified atom stereocenters. The van der Waals surface area contributed by atoms with Gasteiger partial charge in [-0.2, -0.15) is 0 Å². The maximum atomic E-state index is 12.9. The maximum absolute atomic E-state index is 12.9. The molecular weight excluding hydrogens is 973 g/mol. The Hall–Kier alpha value is -3.67. The number of allylic oxidation sites excluding steroid dienone is 16. The van der Waals surface area contributed by atoms with Crippen molar-refractivity contribution < 1.29 is 28.6 Å². The predicted octanol–water partition coefficient (Wildman–Crippen LogP) is 23.2. The molecule has 0 saturated heterocycles. The minimum atomic E-state index is -0.789. The van der Waals surface area contributed by atoms with Gasteiger partial charge in [0.05, 0.1) is 0 Å². The normalized spacial score (nSPS) is 12.7. The van der Waals surface area contributed by atoms with E-state index in [0.717, 1.165) is 116 Å². The molecule has 0 rings (SSSR count). The predicted molar refractivity (Wildman–Crippen MR) is 344 cm³/mol. The van der Waals surface area contributed by atoms with Gasteiger partial charge in [-0.15, -0.1) is 0 Å². The highest BCUT2D eigenvalue weighted by atomic mass is 16.6. The van der Waals surface area contributed by atoms with Gasteiger partial charge in [0.15, 0.2) is 6.10 Å². The van der Waals surface area contributed by atoms with Crippen LogP contribution >= 0.6 is 0 Å². The van der Waals surface area contributed by atoms with E-state index >= 15 is 0 Å².